The largest absolute Gasteiger partial charge is 0.311 e. The van der Waals surface area contributed by atoms with Gasteiger partial charge in [-0.25, -0.2) is 0 Å². The summed E-state index contributed by atoms with van der Waals surface area (Å²) in [5.41, 5.74) is 16.5. The molecule has 3 aliphatic rings. The fraction of sp³-hybridized carbons (Fsp3) is 0.0204. The fourth-order valence-electron chi connectivity index (χ4n) is 9.31. The minimum absolute atomic E-state index is 0.100. The van der Waals surface area contributed by atoms with Crippen molar-refractivity contribution in [1.82, 2.24) is 0 Å². The summed E-state index contributed by atoms with van der Waals surface area (Å²) in [7, 11) is -1.65. The van der Waals surface area contributed by atoms with Gasteiger partial charge >= 0.3 is 0 Å². The molecule has 4 heteroatoms. The summed E-state index contributed by atoms with van der Waals surface area (Å²) in [4.78, 5) is 9.44. The molecule has 0 N–H and O–H groups in total. The summed E-state index contributed by atoms with van der Waals surface area (Å²) in [6, 6.07) is 72.0. The van der Waals surface area contributed by atoms with Crippen LogP contribution in [0.15, 0.2) is 209 Å². The van der Waals surface area contributed by atoms with E-state index in [-0.39, 0.29) is 6.71 Å². The van der Waals surface area contributed by atoms with Crippen LogP contribution in [0.4, 0.5) is 34.1 Å². The molecule has 8 aromatic rings. The molecule has 3 heterocycles. The number of benzene rings is 8. The van der Waals surface area contributed by atoms with Gasteiger partial charge in [0.05, 0.1) is 11.4 Å². The minimum Gasteiger partial charge on any atom is -0.311 e. The van der Waals surface area contributed by atoms with Crippen LogP contribution in [0.2, 0.25) is 0 Å². The molecule has 0 saturated carbocycles. The van der Waals surface area contributed by atoms with Crippen LogP contribution >= 0.6 is 10.0 Å². The number of hydrogen-bond acceptors (Lipinski definition) is 2. The van der Waals surface area contributed by atoms with Crippen molar-refractivity contribution in [1.29, 1.82) is 0 Å². The van der Waals surface area contributed by atoms with E-state index in [1.807, 2.05) is 0 Å². The summed E-state index contributed by atoms with van der Waals surface area (Å²) < 4.78 is 0. The summed E-state index contributed by atoms with van der Waals surface area (Å²) in [6.07, 6.45) is 2.53. The van der Waals surface area contributed by atoms with Gasteiger partial charge in [0.25, 0.3) is 6.71 Å². The lowest BCUT2D eigenvalue weighted by Gasteiger charge is -2.53. The zero-order valence-corrected chi connectivity index (χ0v) is 30.2. The molecule has 3 aliphatic heterocycles. The van der Waals surface area contributed by atoms with Crippen molar-refractivity contribution in [2.75, 3.05) is 16.1 Å². The molecule has 0 bridgehead atoms. The molecule has 8 aromatic carbocycles. The van der Waals surface area contributed by atoms with E-state index in [2.05, 4.69) is 210 Å². The number of anilines is 6. The highest BCUT2D eigenvalue weighted by Gasteiger charge is 2.51. The van der Waals surface area contributed by atoms with E-state index >= 15 is 0 Å². The van der Waals surface area contributed by atoms with Crippen molar-refractivity contribution in [3.8, 4) is 22.3 Å². The first kappa shape index (κ1) is 30.4. The van der Waals surface area contributed by atoms with Crippen molar-refractivity contribution >= 4 is 67.3 Å². The van der Waals surface area contributed by atoms with Crippen LogP contribution in [-0.4, -0.2) is 13.0 Å². The third kappa shape index (κ3) is 4.24. The predicted octanol–water partition coefficient (Wildman–Crippen LogP) is 11.3. The van der Waals surface area contributed by atoms with Gasteiger partial charge in [-0.15, -0.1) is 0 Å². The Morgan fingerprint density at radius 2 is 0.698 bits per heavy atom. The maximum absolute atomic E-state index is 2.57. The van der Waals surface area contributed by atoms with E-state index in [9.17, 15) is 0 Å². The summed E-state index contributed by atoms with van der Waals surface area (Å²) in [6.45, 7) is 0.100. The minimum atomic E-state index is -1.65. The second-order valence-corrected chi connectivity index (χ2v) is 17.4. The Bertz CT molecular complexity index is 2550. The van der Waals surface area contributed by atoms with E-state index in [1.54, 1.807) is 0 Å². The Morgan fingerprint density at radius 3 is 1.17 bits per heavy atom. The first-order valence-corrected chi connectivity index (χ1v) is 20.4. The highest BCUT2D eigenvalue weighted by atomic mass is 32.3. The third-order valence-electron chi connectivity index (χ3n) is 11.5. The lowest BCUT2D eigenvalue weighted by atomic mass is 9.33. The maximum atomic E-state index is 2.57. The third-order valence-corrected chi connectivity index (χ3v) is 15.2. The first-order valence-electron chi connectivity index (χ1n) is 18.3. The molecule has 0 radical (unpaired) electrons. The SMILES string of the molecule is CS1(c2ccccc2)c2cccc3c2B2c4c(cccc4N(c4ccccc4-c4ccccc4)c4cccc1c42)N3c1ccccc1-c1ccccc1. The summed E-state index contributed by atoms with van der Waals surface area (Å²) in [5.74, 6) is 0. The van der Waals surface area contributed by atoms with Crippen LogP contribution in [0.5, 0.6) is 0 Å². The van der Waals surface area contributed by atoms with Gasteiger partial charge in [-0.3, -0.25) is 0 Å². The zero-order chi connectivity index (χ0) is 35.1. The number of hydrogen-bond donors (Lipinski definition) is 0. The van der Waals surface area contributed by atoms with Crippen LogP contribution in [0.25, 0.3) is 22.3 Å². The van der Waals surface area contributed by atoms with Gasteiger partial charge in [0.15, 0.2) is 0 Å². The van der Waals surface area contributed by atoms with Crippen molar-refractivity contribution in [3.05, 3.63) is 194 Å². The van der Waals surface area contributed by atoms with Gasteiger partial charge in [-0.2, -0.15) is 10.0 Å². The molecule has 0 amide bonds. The molecule has 0 atom stereocenters. The van der Waals surface area contributed by atoms with Crippen molar-refractivity contribution < 1.29 is 0 Å². The summed E-state index contributed by atoms with van der Waals surface area (Å²) >= 11 is 0. The van der Waals surface area contributed by atoms with E-state index in [4.69, 9.17) is 0 Å². The normalized spacial score (nSPS) is 14.8. The molecule has 2 nitrogen and oxygen atoms in total. The van der Waals surface area contributed by atoms with E-state index in [0.717, 1.165) is 0 Å². The Balaban J connectivity index is 1.28. The van der Waals surface area contributed by atoms with Gasteiger partial charge in [0.2, 0.25) is 0 Å². The topological polar surface area (TPSA) is 6.48 Å². The van der Waals surface area contributed by atoms with Gasteiger partial charge < -0.3 is 9.80 Å². The van der Waals surface area contributed by atoms with Crippen LogP contribution in [-0.2, 0) is 0 Å². The molecule has 0 saturated heterocycles. The van der Waals surface area contributed by atoms with Crippen LogP contribution in [0.3, 0.4) is 0 Å². The smallest absolute Gasteiger partial charge is 0.254 e. The van der Waals surface area contributed by atoms with Gasteiger partial charge in [-0.1, -0.05) is 133 Å². The first-order chi connectivity index (χ1) is 26.2. The molecule has 0 aromatic heterocycles. The average Bonchev–Trinajstić information content (AvgIpc) is 3.23. The lowest BCUT2D eigenvalue weighted by Crippen LogP contribution is -2.64. The van der Waals surface area contributed by atoms with Gasteiger partial charge in [-0.05, 0) is 109 Å². The predicted molar refractivity (Wildman–Crippen MR) is 226 cm³/mol. The lowest BCUT2D eigenvalue weighted by molar-refractivity contribution is 1.21. The second kappa shape index (κ2) is 11.6. The number of para-hydroxylation sites is 2. The van der Waals surface area contributed by atoms with E-state index in [0.29, 0.717) is 0 Å². The van der Waals surface area contributed by atoms with Gasteiger partial charge in [0, 0.05) is 33.9 Å². The maximum Gasteiger partial charge on any atom is 0.254 e. The Kier molecular flexibility index (Phi) is 6.68. The highest BCUT2D eigenvalue weighted by molar-refractivity contribution is 8.33. The molecule has 0 fully saturated rings. The molecular formula is C49H35BN2S. The van der Waals surface area contributed by atoms with Crippen molar-refractivity contribution in [2.24, 2.45) is 0 Å². The average molecular weight is 695 g/mol. The second-order valence-electron chi connectivity index (χ2n) is 14.2. The van der Waals surface area contributed by atoms with Crippen molar-refractivity contribution in [2.45, 2.75) is 14.7 Å². The molecule has 0 unspecified atom stereocenters. The fourth-order valence-corrected chi connectivity index (χ4v) is 12.8. The molecule has 0 aliphatic carbocycles. The highest BCUT2D eigenvalue weighted by Crippen LogP contribution is 2.68. The van der Waals surface area contributed by atoms with Crippen LogP contribution in [0.1, 0.15) is 0 Å². The van der Waals surface area contributed by atoms with E-state index < -0.39 is 10.0 Å². The van der Waals surface area contributed by atoms with E-state index in [1.165, 1.54) is 87.5 Å². The van der Waals surface area contributed by atoms with Gasteiger partial charge in [0.1, 0.15) is 0 Å². The number of rotatable bonds is 5. The van der Waals surface area contributed by atoms with Crippen LogP contribution < -0.4 is 26.2 Å². The Labute approximate surface area is 313 Å². The standard InChI is InChI=1S/C49H35BN2S/c1-53(36-22-9-4-10-23-36)45-32-16-30-43-48(45)50-47-41(51(43)39-26-13-11-24-37(39)34-18-5-2-6-19-34)28-15-29-42(47)52(44-31-17-33-46(53)49(44)50)40-27-14-12-25-38(40)35-20-7-3-8-21-35/h2-33H,1H3. The van der Waals surface area contributed by atoms with Crippen molar-refractivity contribution in [3.63, 3.8) is 0 Å². The monoisotopic (exact) mass is 694 g/mol. The van der Waals surface area contributed by atoms with Crippen LogP contribution in [0, 0.1) is 0 Å². The zero-order valence-electron chi connectivity index (χ0n) is 29.4. The Hall–Kier alpha value is -6.23. The molecule has 250 valence electrons. The number of nitrogens with zero attached hydrogens (tertiary/aromatic N) is 2. The molecule has 53 heavy (non-hydrogen) atoms. The summed E-state index contributed by atoms with van der Waals surface area (Å²) in [5, 5.41) is 0. The quantitative estimate of drug-likeness (QED) is 0.166. The Morgan fingerprint density at radius 1 is 0.340 bits per heavy atom. The molecule has 0 spiro atoms. The molecular weight excluding hydrogens is 659 g/mol. The molecule has 11 rings (SSSR count).